The zero-order valence-electron chi connectivity index (χ0n) is 16.1. The van der Waals surface area contributed by atoms with Crippen LogP contribution in [0.25, 0.3) is 10.9 Å². The van der Waals surface area contributed by atoms with Crippen molar-refractivity contribution in [3.63, 3.8) is 0 Å². The van der Waals surface area contributed by atoms with Crippen LogP contribution in [0.2, 0.25) is 5.02 Å². The molecule has 1 aliphatic heterocycles. The van der Waals surface area contributed by atoms with Gasteiger partial charge < -0.3 is 15.0 Å². The number of nitrogens with one attached hydrogen (secondary N) is 1. The van der Waals surface area contributed by atoms with Crippen LogP contribution in [0.3, 0.4) is 0 Å². The SMILES string of the molecule is COc1ccc(S(=O)(=O)n2cc(C(F)F)c3c(N4CCNCC4)cc(Cl)cc32)cc1. The first kappa shape index (κ1) is 20.9. The number of ether oxygens (including phenoxy) is 1. The average molecular weight is 456 g/mol. The molecule has 0 saturated carbocycles. The molecule has 0 unspecified atom stereocenters. The minimum Gasteiger partial charge on any atom is -0.497 e. The zero-order chi connectivity index (χ0) is 21.5. The fourth-order valence-corrected chi connectivity index (χ4v) is 5.26. The van der Waals surface area contributed by atoms with E-state index in [-0.39, 0.29) is 26.4 Å². The minimum atomic E-state index is -4.13. The van der Waals surface area contributed by atoms with Crippen molar-refractivity contribution in [1.29, 1.82) is 0 Å². The molecule has 0 atom stereocenters. The standard InChI is InChI=1S/C20H20ClF2N3O3S/c1-29-14-2-4-15(5-3-14)30(27,28)26-12-16(20(22)23)19-17(10-13(21)11-18(19)26)25-8-6-24-7-9-25/h2-5,10-12,20,24H,6-9H2,1H3. The Morgan fingerprint density at radius 1 is 1.13 bits per heavy atom. The molecular formula is C20H20ClF2N3O3S. The van der Waals surface area contributed by atoms with Crippen LogP contribution in [0.4, 0.5) is 14.5 Å². The number of benzene rings is 2. The Bertz CT molecular complexity index is 1170. The molecule has 1 fully saturated rings. The summed E-state index contributed by atoms with van der Waals surface area (Å²) in [6.45, 7) is 2.61. The molecule has 2 heterocycles. The normalized spacial score (nSPS) is 15.2. The van der Waals surface area contributed by atoms with Crippen LogP contribution in [0.1, 0.15) is 12.0 Å². The van der Waals surface area contributed by atoms with Gasteiger partial charge >= 0.3 is 0 Å². The first-order valence-electron chi connectivity index (χ1n) is 9.31. The number of hydrogen-bond donors (Lipinski definition) is 1. The third-order valence-corrected chi connectivity index (χ3v) is 7.06. The van der Waals surface area contributed by atoms with Crippen molar-refractivity contribution < 1.29 is 21.9 Å². The van der Waals surface area contributed by atoms with Crippen molar-refractivity contribution in [2.75, 3.05) is 38.2 Å². The van der Waals surface area contributed by atoms with Gasteiger partial charge in [0.15, 0.2) is 0 Å². The summed E-state index contributed by atoms with van der Waals surface area (Å²) in [5.41, 5.74) is 0.299. The molecule has 0 aliphatic carbocycles. The maximum atomic E-state index is 14.0. The summed E-state index contributed by atoms with van der Waals surface area (Å²) in [6.07, 6.45) is -1.85. The Labute approximate surface area is 178 Å². The Morgan fingerprint density at radius 3 is 2.40 bits per heavy atom. The van der Waals surface area contributed by atoms with Crippen molar-refractivity contribution in [3.8, 4) is 5.75 Å². The van der Waals surface area contributed by atoms with E-state index in [0.717, 1.165) is 10.2 Å². The number of rotatable bonds is 5. The molecule has 3 aromatic rings. The molecule has 2 aromatic carbocycles. The smallest absolute Gasteiger partial charge is 0.268 e. The van der Waals surface area contributed by atoms with E-state index in [9.17, 15) is 17.2 Å². The Morgan fingerprint density at radius 2 is 1.80 bits per heavy atom. The fraction of sp³-hybridized carbons (Fsp3) is 0.300. The van der Waals surface area contributed by atoms with Gasteiger partial charge in [0, 0.05) is 54.0 Å². The van der Waals surface area contributed by atoms with E-state index < -0.39 is 16.4 Å². The maximum Gasteiger partial charge on any atom is 0.268 e. The predicted molar refractivity (Wildman–Crippen MR) is 113 cm³/mol. The topological polar surface area (TPSA) is 63.6 Å². The number of halogens is 3. The molecule has 0 radical (unpaired) electrons. The highest BCUT2D eigenvalue weighted by Gasteiger charge is 2.28. The molecular weight excluding hydrogens is 436 g/mol. The second kappa shape index (κ2) is 8.05. The van der Waals surface area contributed by atoms with E-state index in [1.165, 1.54) is 37.4 Å². The summed E-state index contributed by atoms with van der Waals surface area (Å²) in [6, 6.07) is 8.80. The van der Waals surface area contributed by atoms with Gasteiger partial charge in [0.05, 0.1) is 17.5 Å². The average Bonchev–Trinajstić information content (AvgIpc) is 3.14. The van der Waals surface area contributed by atoms with Crippen molar-refractivity contribution in [2.45, 2.75) is 11.3 Å². The maximum absolute atomic E-state index is 14.0. The molecule has 0 amide bonds. The van der Waals surface area contributed by atoms with Crippen LogP contribution < -0.4 is 15.0 Å². The number of aromatic nitrogens is 1. The summed E-state index contributed by atoms with van der Waals surface area (Å²) in [5.74, 6) is 0.489. The molecule has 1 saturated heterocycles. The molecule has 1 aromatic heterocycles. The largest absolute Gasteiger partial charge is 0.497 e. The number of hydrogen-bond acceptors (Lipinski definition) is 5. The van der Waals surface area contributed by atoms with Crippen LogP contribution in [-0.4, -0.2) is 45.7 Å². The van der Waals surface area contributed by atoms with Crippen molar-refractivity contribution >= 4 is 38.2 Å². The van der Waals surface area contributed by atoms with Gasteiger partial charge in [0.2, 0.25) is 0 Å². The summed E-state index contributed by atoms with van der Waals surface area (Å²) >= 11 is 6.29. The highest BCUT2D eigenvalue weighted by molar-refractivity contribution is 7.90. The molecule has 10 heteroatoms. The summed E-state index contributed by atoms with van der Waals surface area (Å²) < 4.78 is 60.5. The van der Waals surface area contributed by atoms with E-state index >= 15 is 0 Å². The van der Waals surface area contributed by atoms with Gasteiger partial charge in [-0.2, -0.15) is 0 Å². The zero-order valence-corrected chi connectivity index (χ0v) is 17.7. The quantitative estimate of drug-likeness (QED) is 0.632. The second-order valence-corrected chi connectivity index (χ2v) is 9.17. The lowest BCUT2D eigenvalue weighted by molar-refractivity contribution is 0.153. The van der Waals surface area contributed by atoms with Gasteiger partial charge in [-0.3, -0.25) is 0 Å². The third kappa shape index (κ3) is 3.61. The van der Waals surface area contributed by atoms with Gasteiger partial charge in [-0.05, 0) is 36.4 Å². The Kier molecular flexibility index (Phi) is 5.61. The molecule has 1 N–H and O–H groups in total. The van der Waals surface area contributed by atoms with Crippen LogP contribution in [0, 0.1) is 0 Å². The number of piperazine rings is 1. The highest BCUT2D eigenvalue weighted by atomic mass is 35.5. The minimum absolute atomic E-state index is 0.0373. The van der Waals surface area contributed by atoms with Crippen LogP contribution in [0.5, 0.6) is 5.75 Å². The molecule has 4 rings (SSSR count). The van der Waals surface area contributed by atoms with Gasteiger partial charge in [0.1, 0.15) is 5.75 Å². The molecule has 6 nitrogen and oxygen atoms in total. The van der Waals surface area contributed by atoms with Crippen LogP contribution in [0.15, 0.2) is 47.5 Å². The van der Waals surface area contributed by atoms with Gasteiger partial charge in [-0.15, -0.1) is 0 Å². The summed E-state index contributed by atoms with van der Waals surface area (Å²) in [5, 5.41) is 3.69. The van der Waals surface area contributed by atoms with E-state index in [1.54, 1.807) is 6.07 Å². The summed E-state index contributed by atoms with van der Waals surface area (Å²) in [4.78, 5) is 1.91. The lowest BCUT2D eigenvalue weighted by atomic mass is 10.1. The molecule has 30 heavy (non-hydrogen) atoms. The molecule has 0 bridgehead atoms. The number of nitrogens with zero attached hydrogens (tertiary/aromatic N) is 2. The number of alkyl halides is 2. The Balaban J connectivity index is 1.95. The van der Waals surface area contributed by atoms with Crippen molar-refractivity contribution in [1.82, 2.24) is 9.29 Å². The molecule has 160 valence electrons. The lowest BCUT2D eigenvalue weighted by Crippen LogP contribution is -2.43. The highest BCUT2D eigenvalue weighted by Crippen LogP contribution is 2.40. The van der Waals surface area contributed by atoms with Crippen molar-refractivity contribution in [3.05, 3.63) is 53.2 Å². The summed E-state index contributed by atoms with van der Waals surface area (Å²) in [7, 11) is -2.66. The lowest BCUT2D eigenvalue weighted by Gasteiger charge is -2.30. The van der Waals surface area contributed by atoms with Crippen LogP contribution in [-0.2, 0) is 10.0 Å². The van der Waals surface area contributed by atoms with Gasteiger partial charge in [-0.1, -0.05) is 11.6 Å². The van der Waals surface area contributed by atoms with Crippen LogP contribution >= 0.6 is 11.6 Å². The first-order chi connectivity index (χ1) is 14.3. The van der Waals surface area contributed by atoms with Gasteiger partial charge in [-0.25, -0.2) is 21.2 Å². The van der Waals surface area contributed by atoms with E-state index in [0.29, 0.717) is 37.6 Å². The van der Waals surface area contributed by atoms with Gasteiger partial charge in [0.25, 0.3) is 16.4 Å². The first-order valence-corrected chi connectivity index (χ1v) is 11.1. The third-order valence-electron chi connectivity index (χ3n) is 5.15. The Hall–Kier alpha value is -2.36. The van der Waals surface area contributed by atoms with E-state index in [2.05, 4.69) is 5.32 Å². The van der Waals surface area contributed by atoms with Crippen molar-refractivity contribution in [2.24, 2.45) is 0 Å². The fourth-order valence-electron chi connectivity index (χ4n) is 3.69. The predicted octanol–water partition coefficient (Wildman–Crippen LogP) is 3.89. The number of anilines is 1. The molecule has 1 aliphatic rings. The number of methoxy groups -OCH3 is 1. The monoisotopic (exact) mass is 455 g/mol. The van der Waals surface area contributed by atoms with E-state index in [4.69, 9.17) is 16.3 Å². The van der Waals surface area contributed by atoms with E-state index in [1.807, 2.05) is 4.90 Å². The molecule has 0 spiro atoms. The number of fused-ring (bicyclic) bond motifs is 1. The second-order valence-electron chi connectivity index (χ2n) is 6.92.